The van der Waals surface area contributed by atoms with E-state index >= 15 is 0 Å². The van der Waals surface area contributed by atoms with E-state index in [0.717, 1.165) is 11.1 Å². The van der Waals surface area contributed by atoms with Crippen molar-refractivity contribution < 1.29 is 19.0 Å². The van der Waals surface area contributed by atoms with E-state index in [1.54, 1.807) is 38.5 Å². The monoisotopic (exact) mass is 361 g/mol. The molecule has 1 N–H and O–H groups in total. The largest absolute Gasteiger partial charge is 0.495 e. The predicted molar refractivity (Wildman–Crippen MR) is 100.0 cm³/mol. The fourth-order valence-corrected chi connectivity index (χ4v) is 2.47. The van der Waals surface area contributed by atoms with E-state index in [0.29, 0.717) is 28.0 Å². The lowest BCUT2D eigenvalue weighted by molar-refractivity contribution is -0.111. The van der Waals surface area contributed by atoms with Crippen molar-refractivity contribution in [2.24, 2.45) is 0 Å². The van der Waals surface area contributed by atoms with Crippen LogP contribution in [0.25, 0.3) is 6.08 Å². The highest BCUT2D eigenvalue weighted by Crippen LogP contribution is 2.32. The highest BCUT2D eigenvalue weighted by Gasteiger charge is 2.10. The number of amides is 1. The summed E-state index contributed by atoms with van der Waals surface area (Å²) in [7, 11) is 4.64. The number of anilines is 1. The van der Waals surface area contributed by atoms with Crippen LogP contribution in [0.15, 0.2) is 36.4 Å². The second-order valence-corrected chi connectivity index (χ2v) is 5.61. The minimum absolute atomic E-state index is 0.301. The summed E-state index contributed by atoms with van der Waals surface area (Å²) in [5, 5.41) is 3.36. The molecule has 2 aromatic carbocycles. The van der Waals surface area contributed by atoms with Gasteiger partial charge in [-0.05, 0) is 30.7 Å². The third kappa shape index (κ3) is 4.45. The molecule has 25 heavy (non-hydrogen) atoms. The molecule has 0 spiro atoms. The third-order valence-electron chi connectivity index (χ3n) is 3.59. The molecule has 6 heteroatoms. The van der Waals surface area contributed by atoms with Gasteiger partial charge in [-0.3, -0.25) is 4.79 Å². The number of hydrogen-bond donors (Lipinski definition) is 1. The standard InChI is InChI=1S/C19H20ClNO4/c1-12-10-15(17(24-3)11-14(12)20)21-18(22)9-8-13-6-5-7-16(23-2)19(13)25-4/h5-11H,1-4H3,(H,21,22)/b9-8+. The molecule has 0 saturated heterocycles. The molecular weight excluding hydrogens is 342 g/mol. The van der Waals surface area contributed by atoms with Crippen LogP contribution in [0.5, 0.6) is 17.2 Å². The van der Waals surface area contributed by atoms with Gasteiger partial charge in [0, 0.05) is 22.7 Å². The van der Waals surface area contributed by atoms with Crippen molar-refractivity contribution in [3.05, 3.63) is 52.6 Å². The number of ether oxygens (including phenoxy) is 3. The van der Waals surface area contributed by atoms with E-state index in [1.807, 2.05) is 19.1 Å². The Labute approximate surface area is 152 Å². The molecule has 5 nitrogen and oxygen atoms in total. The molecule has 0 radical (unpaired) electrons. The van der Waals surface area contributed by atoms with Gasteiger partial charge in [0.25, 0.3) is 0 Å². The quantitative estimate of drug-likeness (QED) is 0.778. The maximum atomic E-state index is 12.2. The van der Waals surface area contributed by atoms with Crippen molar-refractivity contribution in [1.82, 2.24) is 0 Å². The fraction of sp³-hybridized carbons (Fsp3) is 0.211. The van der Waals surface area contributed by atoms with Gasteiger partial charge in [0.15, 0.2) is 11.5 Å². The van der Waals surface area contributed by atoms with Crippen molar-refractivity contribution in [3.63, 3.8) is 0 Å². The Bertz CT molecular complexity index is 802. The van der Waals surface area contributed by atoms with Gasteiger partial charge in [-0.15, -0.1) is 0 Å². The number of carbonyl (C=O) groups is 1. The maximum absolute atomic E-state index is 12.2. The average molecular weight is 362 g/mol. The van der Waals surface area contributed by atoms with E-state index in [4.69, 9.17) is 25.8 Å². The molecule has 0 saturated carbocycles. The Morgan fingerprint density at radius 2 is 1.80 bits per heavy atom. The van der Waals surface area contributed by atoms with Gasteiger partial charge in [0.1, 0.15) is 5.75 Å². The van der Waals surface area contributed by atoms with E-state index in [-0.39, 0.29) is 5.91 Å². The van der Waals surface area contributed by atoms with Crippen LogP contribution in [0, 0.1) is 6.92 Å². The molecular formula is C19H20ClNO4. The summed E-state index contributed by atoms with van der Waals surface area (Å²) in [5.74, 6) is 1.36. The van der Waals surface area contributed by atoms with Crippen LogP contribution in [0.1, 0.15) is 11.1 Å². The number of rotatable bonds is 6. The zero-order chi connectivity index (χ0) is 18.4. The number of para-hydroxylation sites is 1. The molecule has 2 rings (SSSR count). The first kappa shape index (κ1) is 18.7. The minimum Gasteiger partial charge on any atom is -0.495 e. The average Bonchev–Trinajstić information content (AvgIpc) is 2.62. The first-order valence-corrected chi connectivity index (χ1v) is 7.92. The van der Waals surface area contributed by atoms with Crippen LogP contribution in [0.4, 0.5) is 5.69 Å². The molecule has 0 unspecified atom stereocenters. The first-order valence-electron chi connectivity index (χ1n) is 7.54. The first-order chi connectivity index (χ1) is 12.0. The van der Waals surface area contributed by atoms with Crippen molar-refractivity contribution in [2.45, 2.75) is 6.92 Å². The SMILES string of the molecule is COc1cc(Cl)c(C)cc1NC(=O)/C=C/c1cccc(OC)c1OC. The molecule has 0 heterocycles. The zero-order valence-electron chi connectivity index (χ0n) is 14.6. The number of nitrogens with one attached hydrogen (secondary N) is 1. The van der Waals surface area contributed by atoms with Gasteiger partial charge in [-0.1, -0.05) is 23.7 Å². The molecule has 0 aliphatic carbocycles. The number of benzene rings is 2. The summed E-state index contributed by atoms with van der Waals surface area (Å²) in [6.07, 6.45) is 3.08. The van der Waals surface area contributed by atoms with Gasteiger partial charge in [-0.2, -0.15) is 0 Å². The number of methoxy groups -OCH3 is 3. The van der Waals surface area contributed by atoms with E-state index < -0.39 is 0 Å². The Morgan fingerprint density at radius 1 is 1.08 bits per heavy atom. The zero-order valence-corrected chi connectivity index (χ0v) is 15.3. The lowest BCUT2D eigenvalue weighted by atomic mass is 10.1. The smallest absolute Gasteiger partial charge is 0.248 e. The summed E-state index contributed by atoms with van der Waals surface area (Å²) < 4.78 is 15.8. The molecule has 132 valence electrons. The second kappa shape index (κ2) is 8.44. The van der Waals surface area contributed by atoms with Gasteiger partial charge < -0.3 is 19.5 Å². The summed E-state index contributed by atoms with van der Waals surface area (Å²) in [4.78, 5) is 12.2. The van der Waals surface area contributed by atoms with Gasteiger partial charge in [0.2, 0.25) is 5.91 Å². The van der Waals surface area contributed by atoms with Crippen LogP contribution in [0.2, 0.25) is 5.02 Å². The van der Waals surface area contributed by atoms with Gasteiger partial charge >= 0.3 is 0 Å². The Hall–Kier alpha value is -2.66. The summed E-state index contributed by atoms with van der Waals surface area (Å²) in [5.41, 5.74) is 2.13. The molecule has 1 amide bonds. The van der Waals surface area contributed by atoms with Crippen molar-refractivity contribution >= 4 is 29.3 Å². The Kier molecular flexibility index (Phi) is 6.31. The molecule has 0 fully saturated rings. The van der Waals surface area contributed by atoms with Crippen LogP contribution in [-0.4, -0.2) is 27.2 Å². The molecule has 0 aliphatic rings. The van der Waals surface area contributed by atoms with Crippen LogP contribution in [-0.2, 0) is 4.79 Å². The number of carbonyl (C=O) groups excluding carboxylic acids is 1. The highest BCUT2D eigenvalue weighted by molar-refractivity contribution is 6.31. The molecule has 0 aromatic heterocycles. The summed E-state index contributed by atoms with van der Waals surface area (Å²) in [6, 6.07) is 8.88. The third-order valence-corrected chi connectivity index (χ3v) is 3.99. The van der Waals surface area contributed by atoms with Gasteiger partial charge in [0.05, 0.1) is 27.0 Å². The maximum Gasteiger partial charge on any atom is 0.248 e. The molecule has 0 aliphatic heterocycles. The summed E-state index contributed by atoms with van der Waals surface area (Å²) >= 11 is 6.07. The van der Waals surface area contributed by atoms with E-state index in [9.17, 15) is 4.79 Å². The normalized spacial score (nSPS) is 10.6. The van der Waals surface area contributed by atoms with E-state index in [1.165, 1.54) is 13.2 Å². The van der Waals surface area contributed by atoms with Gasteiger partial charge in [-0.25, -0.2) is 0 Å². The predicted octanol–water partition coefficient (Wildman–Crippen LogP) is 4.33. The van der Waals surface area contributed by atoms with E-state index in [2.05, 4.69) is 5.32 Å². The lowest BCUT2D eigenvalue weighted by Crippen LogP contribution is -2.09. The Balaban J connectivity index is 2.21. The van der Waals surface area contributed by atoms with Crippen molar-refractivity contribution in [1.29, 1.82) is 0 Å². The minimum atomic E-state index is -0.301. The van der Waals surface area contributed by atoms with Crippen LogP contribution >= 0.6 is 11.6 Å². The summed E-state index contributed by atoms with van der Waals surface area (Å²) in [6.45, 7) is 1.86. The topological polar surface area (TPSA) is 56.8 Å². The second-order valence-electron chi connectivity index (χ2n) is 5.21. The Morgan fingerprint density at radius 3 is 2.44 bits per heavy atom. The number of hydrogen-bond acceptors (Lipinski definition) is 4. The number of aryl methyl sites for hydroxylation is 1. The fourth-order valence-electron chi connectivity index (χ4n) is 2.31. The van der Waals surface area contributed by atoms with Crippen LogP contribution in [0.3, 0.4) is 0 Å². The molecule has 0 atom stereocenters. The molecule has 2 aromatic rings. The number of halogens is 1. The van der Waals surface area contributed by atoms with Crippen molar-refractivity contribution in [3.8, 4) is 17.2 Å². The lowest BCUT2D eigenvalue weighted by Gasteiger charge is -2.11. The van der Waals surface area contributed by atoms with Crippen LogP contribution < -0.4 is 19.5 Å². The molecule has 0 bridgehead atoms. The highest BCUT2D eigenvalue weighted by atomic mass is 35.5. The van der Waals surface area contributed by atoms with Crippen molar-refractivity contribution in [2.75, 3.05) is 26.6 Å².